The van der Waals surface area contributed by atoms with Crippen molar-refractivity contribution in [2.75, 3.05) is 19.0 Å². The molecule has 0 aliphatic carbocycles. The van der Waals surface area contributed by atoms with E-state index in [1.165, 1.54) is 20.2 Å². The fourth-order valence-electron chi connectivity index (χ4n) is 2.20. The summed E-state index contributed by atoms with van der Waals surface area (Å²) in [5.74, 6) is -0.0515. The molecule has 27 heavy (non-hydrogen) atoms. The van der Waals surface area contributed by atoms with Crippen LogP contribution in [0.3, 0.4) is 0 Å². The molecule has 0 saturated heterocycles. The lowest BCUT2D eigenvalue weighted by Gasteiger charge is -2.09. The summed E-state index contributed by atoms with van der Waals surface area (Å²) in [5, 5.41) is 7.54. The molecular formula is C19H20ClN3O4. The van der Waals surface area contributed by atoms with E-state index >= 15 is 0 Å². The van der Waals surface area contributed by atoms with Crippen molar-refractivity contribution in [1.82, 2.24) is 5.43 Å². The van der Waals surface area contributed by atoms with Crippen LogP contribution < -0.4 is 20.2 Å². The van der Waals surface area contributed by atoms with E-state index < -0.39 is 5.97 Å². The third kappa shape index (κ3) is 6.00. The molecule has 0 aliphatic rings. The number of amides is 1. The lowest BCUT2D eigenvalue weighted by molar-refractivity contribution is -0.132. The normalized spacial score (nSPS) is 10.5. The molecule has 0 aliphatic heterocycles. The third-order valence-electron chi connectivity index (χ3n) is 3.55. The van der Waals surface area contributed by atoms with Gasteiger partial charge in [-0.1, -0.05) is 17.7 Å². The van der Waals surface area contributed by atoms with Crippen molar-refractivity contribution in [3.05, 3.63) is 52.5 Å². The van der Waals surface area contributed by atoms with Crippen LogP contribution in [-0.4, -0.2) is 31.7 Å². The number of rotatable bonds is 7. The predicted molar refractivity (Wildman–Crippen MR) is 105 cm³/mol. The van der Waals surface area contributed by atoms with Gasteiger partial charge in [-0.25, -0.2) is 5.43 Å². The Balaban J connectivity index is 1.91. The molecule has 0 unspecified atom stereocenters. The zero-order valence-corrected chi connectivity index (χ0v) is 16.0. The van der Waals surface area contributed by atoms with Crippen molar-refractivity contribution >= 4 is 35.4 Å². The number of esters is 1. The number of carbonyl (C=O) groups is 2. The van der Waals surface area contributed by atoms with Crippen molar-refractivity contribution in [1.29, 1.82) is 0 Å². The molecule has 2 N–H and O–H groups in total. The van der Waals surface area contributed by atoms with Crippen LogP contribution in [0.5, 0.6) is 11.5 Å². The molecule has 0 bridgehead atoms. The van der Waals surface area contributed by atoms with Crippen molar-refractivity contribution in [2.24, 2.45) is 5.10 Å². The number of methoxy groups -OCH3 is 1. The first-order valence-electron chi connectivity index (χ1n) is 8.08. The van der Waals surface area contributed by atoms with Gasteiger partial charge in [-0.05, 0) is 48.4 Å². The Kier molecular flexibility index (Phi) is 7.19. The molecule has 8 heteroatoms. The van der Waals surface area contributed by atoms with Crippen LogP contribution in [0.25, 0.3) is 0 Å². The number of nitrogens with zero attached hydrogens (tertiary/aromatic N) is 1. The lowest BCUT2D eigenvalue weighted by Crippen LogP contribution is -2.26. The average molecular weight is 390 g/mol. The summed E-state index contributed by atoms with van der Waals surface area (Å²) in [5.41, 5.74) is 4.75. The first-order chi connectivity index (χ1) is 12.9. The molecule has 142 valence electrons. The Morgan fingerprint density at radius 1 is 1.22 bits per heavy atom. The summed E-state index contributed by atoms with van der Waals surface area (Å²) in [7, 11) is 1.47. The number of benzene rings is 2. The van der Waals surface area contributed by atoms with E-state index in [-0.39, 0.29) is 12.5 Å². The minimum atomic E-state index is -0.440. The van der Waals surface area contributed by atoms with Crippen LogP contribution >= 0.6 is 11.6 Å². The second kappa shape index (κ2) is 9.59. The second-order valence-corrected chi connectivity index (χ2v) is 5.97. The van der Waals surface area contributed by atoms with Gasteiger partial charge in [-0.15, -0.1) is 0 Å². The topological polar surface area (TPSA) is 89.0 Å². The fourth-order valence-corrected chi connectivity index (χ4v) is 2.37. The number of halogens is 1. The zero-order chi connectivity index (χ0) is 19.8. The highest BCUT2D eigenvalue weighted by Crippen LogP contribution is 2.27. The largest absolute Gasteiger partial charge is 0.493 e. The van der Waals surface area contributed by atoms with Gasteiger partial charge in [0, 0.05) is 17.6 Å². The first-order valence-corrected chi connectivity index (χ1v) is 8.46. The predicted octanol–water partition coefficient (Wildman–Crippen LogP) is 3.14. The van der Waals surface area contributed by atoms with Crippen LogP contribution in [0.2, 0.25) is 5.02 Å². The van der Waals surface area contributed by atoms with E-state index in [2.05, 4.69) is 15.8 Å². The average Bonchev–Trinajstić information content (AvgIpc) is 2.63. The Morgan fingerprint density at radius 2 is 2.00 bits per heavy atom. The van der Waals surface area contributed by atoms with Gasteiger partial charge in [0.2, 0.25) is 0 Å². The Labute approximate surface area is 162 Å². The van der Waals surface area contributed by atoms with Gasteiger partial charge in [0.05, 0.1) is 19.9 Å². The minimum Gasteiger partial charge on any atom is -0.493 e. The van der Waals surface area contributed by atoms with E-state index in [0.29, 0.717) is 22.1 Å². The summed E-state index contributed by atoms with van der Waals surface area (Å²) in [6, 6.07) is 10.3. The van der Waals surface area contributed by atoms with E-state index in [1.54, 1.807) is 30.3 Å². The van der Waals surface area contributed by atoms with Gasteiger partial charge in [0.15, 0.2) is 11.5 Å². The van der Waals surface area contributed by atoms with Crippen molar-refractivity contribution in [3.8, 4) is 11.5 Å². The smallest absolute Gasteiger partial charge is 0.308 e. The lowest BCUT2D eigenvalue weighted by atomic mass is 10.2. The van der Waals surface area contributed by atoms with Gasteiger partial charge in [-0.2, -0.15) is 5.10 Å². The quantitative estimate of drug-likeness (QED) is 0.328. The van der Waals surface area contributed by atoms with E-state index in [4.69, 9.17) is 21.1 Å². The van der Waals surface area contributed by atoms with Crippen LogP contribution in [-0.2, 0) is 9.59 Å². The Hall–Kier alpha value is -3.06. The number of hydrogen-bond acceptors (Lipinski definition) is 6. The van der Waals surface area contributed by atoms with Crippen LogP contribution in [0.15, 0.2) is 41.5 Å². The molecule has 2 aromatic carbocycles. The van der Waals surface area contributed by atoms with Gasteiger partial charge < -0.3 is 14.8 Å². The molecule has 0 atom stereocenters. The first kappa shape index (κ1) is 20.3. The number of ether oxygens (including phenoxy) is 2. The molecule has 0 aromatic heterocycles. The number of hydrogen-bond donors (Lipinski definition) is 2. The summed E-state index contributed by atoms with van der Waals surface area (Å²) in [4.78, 5) is 23.0. The zero-order valence-electron chi connectivity index (χ0n) is 15.2. The minimum absolute atomic E-state index is 0.0488. The maximum atomic E-state index is 11.9. The van der Waals surface area contributed by atoms with Crippen LogP contribution in [0.4, 0.5) is 5.69 Å². The van der Waals surface area contributed by atoms with E-state index in [9.17, 15) is 9.59 Å². The Morgan fingerprint density at radius 3 is 2.70 bits per heavy atom. The number of carbonyl (C=O) groups excluding carboxylic acids is 2. The molecule has 0 heterocycles. The molecule has 0 fully saturated rings. The maximum absolute atomic E-state index is 11.9. The van der Waals surface area contributed by atoms with Crippen LogP contribution in [0.1, 0.15) is 18.1 Å². The Bertz CT molecular complexity index is 868. The van der Waals surface area contributed by atoms with Crippen LogP contribution in [0, 0.1) is 6.92 Å². The standard InChI is InChI=1S/C19H20ClN3O4/c1-12-15(20)5-4-6-16(12)21-11-19(25)23-22-10-14-7-8-17(27-13(2)24)18(9-14)26-3/h4-10,21H,11H2,1-3H3,(H,23,25)/b22-10+. The molecule has 7 nitrogen and oxygen atoms in total. The van der Waals surface area contributed by atoms with Crippen molar-refractivity contribution < 1.29 is 19.1 Å². The molecule has 2 rings (SSSR count). The second-order valence-electron chi connectivity index (χ2n) is 5.56. The van der Waals surface area contributed by atoms with Crippen molar-refractivity contribution in [3.63, 3.8) is 0 Å². The maximum Gasteiger partial charge on any atom is 0.308 e. The summed E-state index contributed by atoms with van der Waals surface area (Å²) in [6.45, 7) is 3.23. The number of nitrogens with one attached hydrogen (secondary N) is 2. The highest BCUT2D eigenvalue weighted by molar-refractivity contribution is 6.31. The van der Waals surface area contributed by atoms with E-state index in [0.717, 1.165) is 11.3 Å². The summed E-state index contributed by atoms with van der Waals surface area (Å²) >= 11 is 6.04. The fraction of sp³-hybridized carbons (Fsp3) is 0.211. The number of anilines is 1. The molecule has 0 saturated carbocycles. The molecular weight excluding hydrogens is 370 g/mol. The SMILES string of the molecule is COc1cc(/C=N/NC(=O)CNc2cccc(Cl)c2C)ccc1OC(C)=O. The number of hydrazone groups is 1. The molecule has 1 amide bonds. The summed E-state index contributed by atoms with van der Waals surface area (Å²) < 4.78 is 10.2. The van der Waals surface area contributed by atoms with Gasteiger partial charge in [0.1, 0.15) is 0 Å². The monoisotopic (exact) mass is 389 g/mol. The van der Waals surface area contributed by atoms with Gasteiger partial charge >= 0.3 is 5.97 Å². The highest BCUT2D eigenvalue weighted by Gasteiger charge is 2.08. The van der Waals surface area contributed by atoms with E-state index in [1.807, 2.05) is 13.0 Å². The van der Waals surface area contributed by atoms with Gasteiger partial charge in [0.25, 0.3) is 5.91 Å². The van der Waals surface area contributed by atoms with Crippen molar-refractivity contribution in [2.45, 2.75) is 13.8 Å². The molecule has 0 spiro atoms. The summed E-state index contributed by atoms with van der Waals surface area (Å²) in [6.07, 6.45) is 1.46. The third-order valence-corrected chi connectivity index (χ3v) is 3.96. The molecule has 0 radical (unpaired) electrons. The highest BCUT2D eigenvalue weighted by atomic mass is 35.5. The van der Waals surface area contributed by atoms with Gasteiger partial charge in [-0.3, -0.25) is 9.59 Å². The molecule has 2 aromatic rings.